The molecule has 0 radical (unpaired) electrons. The molecule has 1 N–H and O–H groups in total. The van der Waals surface area contributed by atoms with E-state index in [4.69, 9.17) is 4.42 Å². The van der Waals surface area contributed by atoms with Crippen LogP contribution in [-0.4, -0.2) is 16.5 Å². The van der Waals surface area contributed by atoms with E-state index in [2.05, 4.69) is 57.7 Å². The Kier molecular flexibility index (Phi) is 6.33. The third kappa shape index (κ3) is 5.11. The first-order valence-corrected chi connectivity index (χ1v) is 10.1. The molecule has 0 unspecified atom stereocenters. The van der Waals surface area contributed by atoms with Gasteiger partial charge in [-0.15, -0.1) is 0 Å². The maximum atomic E-state index is 5.47. The van der Waals surface area contributed by atoms with Gasteiger partial charge < -0.3 is 9.73 Å². The fraction of sp³-hybridized carbons (Fsp3) is 0.200. The summed E-state index contributed by atoms with van der Waals surface area (Å²) < 4.78 is 5.47. The van der Waals surface area contributed by atoms with Crippen LogP contribution >= 0.6 is 0 Å². The number of rotatable bonds is 9. The number of hydrogen-bond donors (Lipinski definition) is 1. The van der Waals surface area contributed by atoms with Crippen LogP contribution in [0.25, 0.3) is 22.6 Å². The third-order valence-electron chi connectivity index (χ3n) is 4.98. The molecular weight excluding hydrogens is 358 g/mol. The number of anilines is 1. The van der Waals surface area contributed by atoms with Gasteiger partial charge in [-0.25, -0.2) is 0 Å². The van der Waals surface area contributed by atoms with Gasteiger partial charge in [-0.3, -0.25) is 9.97 Å². The Hall–Kier alpha value is -3.40. The van der Waals surface area contributed by atoms with Crippen LogP contribution < -0.4 is 5.32 Å². The number of hydrogen-bond acceptors (Lipinski definition) is 4. The number of pyridine rings is 2. The standard InChI is InChI=1S/C25H25N3O/c1(2-6-20-13-17-26-18-14-20)3-15-27-23-7-4-16-28-25(23)22-11-9-21(10-12-22)24-8-5-19-29-24/h4-5,7-14,16-19,27H,1-3,6,15H2. The fourth-order valence-electron chi connectivity index (χ4n) is 3.42. The third-order valence-corrected chi connectivity index (χ3v) is 4.98. The van der Waals surface area contributed by atoms with Crippen LogP contribution in [0.1, 0.15) is 24.8 Å². The monoisotopic (exact) mass is 383 g/mol. The number of aromatic nitrogens is 2. The van der Waals surface area contributed by atoms with Gasteiger partial charge in [0.1, 0.15) is 5.76 Å². The summed E-state index contributed by atoms with van der Waals surface area (Å²) in [4.78, 5) is 8.67. The first-order valence-electron chi connectivity index (χ1n) is 10.1. The summed E-state index contributed by atoms with van der Waals surface area (Å²) >= 11 is 0. The lowest BCUT2D eigenvalue weighted by atomic mass is 10.1. The van der Waals surface area contributed by atoms with Crippen LogP contribution in [0.2, 0.25) is 0 Å². The van der Waals surface area contributed by atoms with Gasteiger partial charge in [0.25, 0.3) is 0 Å². The predicted molar refractivity (Wildman–Crippen MR) is 118 cm³/mol. The molecule has 146 valence electrons. The minimum absolute atomic E-state index is 0.877. The van der Waals surface area contributed by atoms with Crippen LogP contribution in [-0.2, 0) is 6.42 Å². The lowest BCUT2D eigenvalue weighted by Gasteiger charge is -2.11. The van der Waals surface area contributed by atoms with E-state index in [9.17, 15) is 0 Å². The minimum Gasteiger partial charge on any atom is -0.464 e. The van der Waals surface area contributed by atoms with E-state index in [1.165, 1.54) is 18.4 Å². The van der Waals surface area contributed by atoms with E-state index >= 15 is 0 Å². The fourth-order valence-corrected chi connectivity index (χ4v) is 3.42. The molecule has 3 heterocycles. The Balaban J connectivity index is 1.31. The van der Waals surface area contributed by atoms with E-state index in [0.717, 1.165) is 47.7 Å². The van der Waals surface area contributed by atoms with E-state index in [-0.39, 0.29) is 0 Å². The van der Waals surface area contributed by atoms with Crippen LogP contribution in [0.4, 0.5) is 5.69 Å². The van der Waals surface area contributed by atoms with Crippen molar-refractivity contribution in [2.45, 2.75) is 25.7 Å². The van der Waals surface area contributed by atoms with Crippen LogP contribution in [0.15, 0.2) is 89.9 Å². The second kappa shape index (κ2) is 9.69. The van der Waals surface area contributed by atoms with Gasteiger partial charge in [0, 0.05) is 36.3 Å². The van der Waals surface area contributed by atoms with E-state index in [0.29, 0.717) is 0 Å². The topological polar surface area (TPSA) is 51.0 Å². The first kappa shape index (κ1) is 18.9. The highest BCUT2D eigenvalue weighted by molar-refractivity contribution is 5.75. The summed E-state index contributed by atoms with van der Waals surface area (Å²) in [5.41, 5.74) is 5.59. The van der Waals surface area contributed by atoms with Crippen molar-refractivity contribution < 1.29 is 4.42 Å². The predicted octanol–water partition coefficient (Wildman–Crippen LogP) is 6.23. The Labute approximate surface area is 171 Å². The van der Waals surface area contributed by atoms with Gasteiger partial charge >= 0.3 is 0 Å². The zero-order chi connectivity index (χ0) is 19.7. The van der Waals surface area contributed by atoms with Gasteiger partial charge in [0.05, 0.1) is 17.6 Å². The maximum absolute atomic E-state index is 5.47. The van der Waals surface area contributed by atoms with Crippen molar-refractivity contribution in [2.75, 3.05) is 11.9 Å². The Morgan fingerprint density at radius 1 is 0.759 bits per heavy atom. The SMILES string of the molecule is c1coc(-c2ccc(-c3ncccc3NCCCCCc3ccncc3)cc2)c1. The molecule has 0 saturated heterocycles. The molecule has 29 heavy (non-hydrogen) atoms. The molecule has 0 fully saturated rings. The molecule has 3 aromatic heterocycles. The second-order valence-electron chi connectivity index (χ2n) is 7.05. The normalized spacial score (nSPS) is 10.8. The van der Waals surface area contributed by atoms with Crippen molar-refractivity contribution in [3.05, 3.63) is 91.1 Å². The first-order chi connectivity index (χ1) is 14.4. The number of aryl methyl sites for hydroxylation is 1. The summed E-state index contributed by atoms with van der Waals surface area (Å²) in [5.74, 6) is 0.877. The average Bonchev–Trinajstić information content (AvgIpc) is 3.32. The molecule has 0 aliphatic rings. The molecule has 1 aromatic carbocycles. The zero-order valence-corrected chi connectivity index (χ0v) is 16.4. The summed E-state index contributed by atoms with van der Waals surface area (Å²) in [7, 11) is 0. The molecule has 4 heteroatoms. The number of benzene rings is 1. The molecule has 4 rings (SSSR count). The van der Waals surface area contributed by atoms with Gasteiger partial charge in [-0.1, -0.05) is 30.7 Å². The summed E-state index contributed by atoms with van der Waals surface area (Å²) in [6.45, 7) is 0.944. The van der Waals surface area contributed by atoms with Crippen LogP contribution in [0, 0.1) is 0 Å². The number of furan rings is 1. The van der Waals surface area contributed by atoms with Crippen molar-refractivity contribution in [3.8, 4) is 22.6 Å². The van der Waals surface area contributed by atoms with Crippen molar-refractivity contribution in [3.63, 3.8) is 0 Å². The average molecular weight is 383 g/mol. The Morgan fingerprint density at radius 2 is 1.59 bits per heavy atom. The molecule has 0 aliphatic heterocycles. The molecule has 0 saturated carbocycles. The molecular formula is C25H25N3O. The lowest BCUT2D eigenvalue weighted by molar-refractivity contribution is 0.582. The molecule has 0 amide bonds. The highest BCUT2D eigenvalue weighted by Gasteiger charge is 2.07. The highest BCUT2D eigenvalue weighted by Crippen LogP contribution is 2.28. The zero-order valence-electron chi connectivity index (χ0n) is 16.4. The van der Waals surface area contributed by atoms with Crippen molar-refractivity contribution in [2.24, 2.45) is 0 Å². The van der Waals surface area contributed by atoms with Gasteiger partial charge in [-0.2, -0.15) is 0 Å². The summed E-state index contributed by atoms with van der Waals surface area (Å²) in [6.07, 6.45) is 11.9. The summed E-state index contributed by atoms with van der Waals surface area (Å²) in [5, 5.41) is 3.56. The number of nitrogens with one attached hydrogen (secondary N) is 1. The molecule has 0 spiro atoms. The smallest absolute Gasteiger partial charge is 0.133 e. The van der Waals surface area contributed by atoms with Crippen LogP contribution in [0.5, 0.6) is 0 Å². The van der Waals surface area contributed by atoms with Crippen molar-refractivity contribution >= 4 is 5.69 Å². The van der Waals surface area contributed by atoms with E-state index in [1.807, 2.05) is 36.8 Å². The molecule has 4 nitrogen and oxygen atoms in total. The maximum Gasteiger partial charge on any atom is 0.133 e. The number of nitrogens with zero attached hydrogens (tertiary/aromatic N) is 2. The molecule has 0 atom stereocenters. The second-order valence-corrected chi connectivity index (χ2v) is 7.05. The van der Waals surface area contributed by atoms with E-state index in [1.54, 1.807) is 6.26 Å². The van der Waals surface area contributed by atoms with Crippen LogP contribution in [0.3, 0.4) is 0 Å². The van der Waals surface area contributed by atoms with Gasteiger partial charge in [-0.05, 0) is 61.2 Å². The number of unbranched alkanes of at least 4 members (excludes halogenated alkanes) is 2. The lowest BCUT2D eigenvalue weighted by Crippen LogP contribution is -2.04. The Bertz CT molecular complexity index is 996. The largest absolute Gasteiger partial charge is 0.464 e. The molecule has 0 aliphatic carbocycles. The quantitative estimate of drug-likeness (QED) is 0.348. The Morgan fingerprint density at radius 3 is 2.38 bits per heavy atom. The summed E-state index contributed by atoms with van der Waals surface area (Å²) in [6, 6.07) is 20.5. The van der Waals surface area contributed by atoms with Gasteiger partial charge in [0.2, 0.25) is 0 Å². The minimum atomic E-state index is 0.877. The van der Waals surface area contributed by atoms with E-state index < -0.39 is 0 Å². The van der Waals surface area contributed by atoms with Crippen molar-refractivity contribution in [1.82, 2.24) is 9.97 Å². The molecule has 4 aromatic rings. The van der Waals surface area contributed by atoms with Gasteiger partial charge in [0.15, 0.2) is 0 Å². The van der Waals surface area contributed by atoms with Crippen molar-refractivity contribution in [1.29, 1.82) is 0 Å². The highest BCUT2D eigenvalue weighted by atomic mass is 16.3. The molecule has 0 bridgehead atoms.